The number of benzene rings is 4. The third-order valence-corrected chi connectivity index (χ3v) is 13.1. The number of carbonyl (C=O) groups is 2. The molecule has 0 radical (unpaired) electrons. The van der Waals surface area contributed by atoms with E-state index in [0.29, 0.717) is 25.3 Å². The third-order valence-electron chi connectivity index (χ3n) is 11.0. The number of hydrogen-bond donors (Lipinski definition) is 1. The van der Waals surface area contributed by atoms with Crippen molar-refractivity contribution in [3.8, 4) is 0 Å². The van der Waals surface area contributed by atoms with Gasteiger partial charge in [0.05, 0.1) is 26.4 Å². The molecule has 2 saturated heterocycles. The molecule has 3 amide bonds. The van der Waals surface area contributed by atoms with Crippen LogP contribution < -0.4 is 5.32 Å². The zero-order valence-electron chi connectivity index (χ0n) is 31.4. The maximum Gasteiger partial charge on any atom is 0.430 e. The van der Waals surface area contributed by atoms with Gasteiger partial charge in [0.2, 0.25) is 12.8 Å². The summed E-state index contributed by atoms with van der Waals surface area (Å²) in [4.78, 5) is 30.7. The number of ether oxygens (including phenoxy) is 2. The molecule has 0 spiro atoms. The van der Waals surface area contributed by atoms with Crippen molar-refractivity contribution >= 4 is 58.4 Å². The lowest BCUT2D eigenvalue weighted by atomic mass is 9.92. The van der Waals surface area contributed by atoms with Crippen LogP contribution in [0.1, 0.15) is 52.3 Å². The fraction of sp³-hybridized carbons (Fsp3) is 0.425. The number of hydrogen-bond acceptors (Lipinski definition) is 9. The van der Waals surface area contributed by atoms with Gasteiger partial charge in [0.25, 0.3) is 14.4 Å². The Labute approximate surface area is 315 Å². The van der Waals surface area contributed by atoms with Crippen molar-refractivity contribution in [3.63, 3.8) is 0 Å². The van der Waals surface area contributed by atoms with E-state index >= 15 is 0 Å². The van der Waals surface area contributed by atoms with Gasteiger partial charge in [-0.2, -0.15) is 4.48 Å². The van der Waals surface area contributed by atoms with Crippen molar-refractivity contribution in [1.82, 2.24) is 25.0 Å². The van der Waals surface area contributed by atoms with E-state index in [4.69, 9.17) is 25.1 Å². The van der Waals surface area contributed by atoms with E-state index in [-0.39, 0.29) is 30.8 Å². The zero-order valence-corrected chi connectivity index (χ0v) is 32.2. The molecule has 6 atom stereocenters. The highest BCUT2D eigenvalue weighted by molar-refractivity contribution is 7.44. The average molecular weight is 751 g/mol. The Hall–Kier alpha value is -4.38. The highest BCUT2D eigenvalue weighted by atomic mass is 31.2. The first-order chi connectivity index (χ1) is 26.0. The SMILES string of the molecule is [C-]#[N+]CCOP(OC1[C@@H]2OC[C@]1(CC)O[C@H]2[N+]1(C)C=C(c2cn(Cc3ccc4ccc5cccc6ccc3c4c56)nn2)C(=O)NC1=O)N(C(C)C)C(C)C. The Morgan fingerprint density at radius 1 is 1.07 bits per heavy atom. The van der Waals surface area contributed by atoms with Gasteiger partial charge in [0.1, 0.15) is 35.8 Å². The van der Waals surface area contributed by atoms with Crippen LogP contribution in [0.15, 0.2) is 67.0 Å². The van der Waals surface area contributed by atoms with Crippen LogP contribution in [0.5, 0.6) is 0 Å². The van der Waals surface area contributed by atoms with Crippen molar-refractivity contribution < 1.29 is 32.6 Å². The number of carbonyl (C=O) groups excluding carboxylic acids is 2. The Balaban J connectivity index is 1.09. The predicted octanol–water partition coefficient (Wildman–Crippen LogP) is 6.83. The first kappa shape index (κ1) is 36.6. The fourth-order valence-corrected chi connectivity index (χ4v) is 10.1. The van der Waals surface area contributed by atoms with Gasteiger partial charge < -0.3 is 23.4 Å². The Bertz CT molecular complexity index is 2300. The molecule has 3 aliphatic heterocycles. The smallest absolute Gasteiger partial charge is 0.363 e. The summed E-state index contributed by atoms with van der Waals surface area (Å²) < 4.78 is 29.7. The minimum Gasteiger partial charge on any atom is -0.363 e. The summed E-state index contributed by atoms with van der Waals surface area (Å²) in [5, 5.41) is 18.5. The highest BCUT2D eigenvalue weighted by Gasteiger charge is 2.69. The van der Waals surface area contributed by atoms with Crippen LogP contribution in [0.25, 0.3) is 42.7 Å². The van der Waals surface area contributed by atoms with Gasteiger partial charge in [-0.1, -0.05) is 66.7 Å². The number of urea groups is 1. The summed E-state index contributed by atoms with van der Waals surface area (Å²) in [5.41, 5.74) is 0.776. The zero-order chi connectivity index (χ0) is 37.9. The molecular formula is C40H45N7O6P+. The van der Waals surface area contributed by atoms with Gasteiger partial charge in [-0.3, -0.25) is 4.79 Å². The number of nitrogens with zero attached hydrogens (tertiary/aromatic N) is 6. The quantitative estimate of drug-likeness (QED) is 0.0454. The van der Waals surface area contributed by atoms with E-state index in [1.165, 1.54) is 26.9 Å². The number of nitrogens with one attached hydrogen (secondary N) is 1. The van der Waals surface area contributed by atoms with Gasteiger partial charge in [0.15, 0.2) is 6.10 Å². The summed E-state index contributed by atoms with van der Waals surface area (Å²) >= 11 is 0. The van der Waals surface area contributed by atoms with E-state index < -0.39 is 49.0 Å². The first-order valence-electron chi connectivity index (χ1n) is 18.5. The molecule has 3 unspecified atom stereocenters. The normalized spacial score (nSPS) is 26.1. The van der Waals surface area contributed by atoms with Crippen LogP contribution in [0.3, 0.4) is 0 Å². The Kier molecular flexibility index (Phi) is 9.51. The lowest BCUT2D eigenvalue weighted by molar-refractivity contribution is -0.839. The lowest BCUT2D eigenvalue weighted by Gasteiger charge is -2.40. The van der Waals surface area contributed by atoms with E-state index in [9.17, 15) is 9.59 Å². The second-order valence-electron chi connectivity index (χ2n) is 15.1. The van der Waals surface area contributed by atoms with Gasteiger partial charge in [-0.15, -0.1) is 5.10 Å². The van der Waals surface area contributed by atoms with Crippen molar-refractivity contribution in [2.24, 2.45) is 0 Å². The molecule has 0 saturated carbocycles. The van der Waals surface area contributed by atoms with E-state index in [1.54, 1.807) is 24.1 Å². The Morgan fingerprint density at radius 3 is 2.48 bits per heavy atom. The predicted molar refractivity (Wildman–Crippen MR) is 206 cm³/mol. The number of quaternary nitrogens is 1. The summed E-state index contributed by atoms with van der Waals surface area (Å²) in [6, 6.07) is 18.9. The number of amides is 3. The second-order valence-corrected chi connectivity index (χ2v) is 16.5. The molecule has 1 aromatic heterocycles. The molecule has 2 fully saturated rings. The van der Waals surface area contributed by atoms with E-state index in [2.05, 4.69) is 107 Å². The highest BCUT2D eigenvalue weighted by Crippen LogP contribution is 2.55. The van der Waals surface area contributed by atoms with Crippen molar-refractivity contribution in [3.05, 3.63) is 89.7 Å². The number of likely N-dealkylation sites (N-methyl/N-ethyl adjacent to an activating group) is 1. The maximum atomic E-state index is 13.8. The minimum absolute atomic E-state index is 0.106. The third kappa shape index (κ3) is 5.97. The van der Waals surface area contributed by atoms with Crippen LogP contribution in [0.2, 0.25) is 0 Å². The van der Waals surface area contributed by atoms with Crippen LogP contribution in [-0.4, -0.2) is 99.0 Å². The van der Waals surface area contributed by atoms with Crippen LogP contribution in [0.4, 0.5) is 4.79 Å². The molecule has 54 heavy (non-hydrogen) atoms. The van der Waals surface area contributed by atoms with Gasteiger partial charge in [-0.05, 0) is 72.0 Å². The van der Waals surface area contributed by atoms with Gasteiger partial charge in [-0.25, -0.2) is 26.0 Å². The topological polar surface area (TPSA) is 121 Å². The first-order valence-corrected chi connectivity index (χ1v) is 19.6. The summed E-state index contributed by atoms with van der Waals surface area (Å²) in [7, 11) is 0.101. The minimum atomic E-state index is -1.60. The molecule has 5 aromatic rings. The van der Waals surface area contributed by atoms with Crippen LogP contribution >= 0.6 is 8.53 Å². The average Bonchev–Trinajstić information content (AvgIpc) is 3.85. The largest absolute Gasteiger partial charge is 0.430 e. The van der Waals surface area contributed by atoms with Crippen molar-refractivity contribution in [2.75, 3.05) is 26.8 Å². The van der Waals surface area contributed by atoms with E-state index in [0.717, 1.165) is 10.9 Å². The molecule has 14 heteroatoms. The number of rotatable bonds is 13. The molecule has 4 heterocycles. The number of imide groups is 1. The second kappa shape index (κ2) is 14.0. The molecule has 3 aliphatic rings. The molecule has 0 aliphatic carbocycles. The standard InChI is InChI=1S/C40H44N7O6P/c1-8-40-23-50-35(36(40)53-54(51-19-18-41-6)46(24(2)3)25(4)5)38(52-40)47(7)22-31(37(48)42-39(47)49)32-21-45(44-43-32)20-29-15-14-28-13-12-26-10-9-11-27-16-17-30(29)34(28)33(26)27/h9-17,21-22,24-25,35-36,38H,8,18-20,23H2,1-5,7H3/p+1/t35-,36?,38+,40-,47?,54?/m0/s1. The molecule has 8 rings (SSSR count). The molecule has 2 bridgehead atoms. The summed E-state index contributed by atoms with van der Waals surface area (Å²) in [5.74, 6) is -0.561. The number of aromatic nitrogens is 3. The maximum absolute atomic E-state index is 13.8. The van der Waals surface area contributed by atoms with E-state index in [1.807, 2.05) is 6.92 Å². The molecule has 1 N–H and O–H groups in total. The molecule has 4 aromatic carbocycles. The van der Waals surface area contributed by atoms with Crippen LogP contribution in [-0.2, 0) is 29.9 Å². The molecule has 13 nitrogen and oxygen atoms in total. The molecule has 280 valence electrons. The fourth-order valence-electron chi connectivity index (χ4n) is 8.34. The monoisotopic (exact) mass is 750 g/mol. The summed E-state index contributed by atoms with van der Waals surface area (Å²) in [6.07, 6.45) is 1.87. The number of fused-ring (bicyclic) bond motifs is 2. The van der Waals surface area contributed by atoms with Gasteiger partial charge >= 0.3 is 6.03 Å². The van der Waals surface area contributed by atoms with Crippen molar-refractivity contribution in [2.45, 2.75) is 83.7 Å². The van der Waals surface area contributed by atoms with Gasteiger partial charge in [0, 0.05) is 12.1 Å². The van der Waals surface area contributed by atoms with Crippen LogP contribution in [0, 0.1) is 6.57 Å². The Morgan fingerprint density at radius 2 is 1.78 bits per heavy atom. The lowest BCUT2D eigenvalue weighted by Crippen LogP contribution is -2.64. The summed E-state index contributed by atoms with van der Waals surface area (Å²) in [6.45, 7) is 18.8. The molecular weight excluding hydrogens is 705 g/mol. The van der Waals surface area contributed by atoms with Crippen molar-refractivity contribution in [1.29, 1.82) is 0 Å².